The van der Waals surface area contributed by atoms with Crippen LogP contribution in [0.25, 0.3) is 27.6 Å². The second-order valence-electron chi connectivity index (χ2n) is 9.12. The van der Waals surface area contributed by atoms with E-state index in [9.17, 15) is 18.5 Å². The summed E-state index contributed by atoms with van der Waals surface area (Å²) >= 11 is 0. The van der Waals surface area contributed by atoms with Gasteiger partial charge in [-0.1, -0.05) is 36.4 Å². The van der Waals surface area contributed by atoms with Crippen LogP contribution in [-0.2, 0) is 10.0 Å². The third-order valence-corrected chi connectivity index (χ3v) is 6.77. The minimum atomic E-state index is -3.52. The molecule has 4 N–H and O–H groups in total. The summed E-state index contributed by atoms with van der Waals surface area (Å²) in [7, 11) is -3.52. The van der Waals surface area contributed by atoms with E-state index in [-0.39, 0.29) is 28.6 Å². The third-order valence-electron chi connectivity index (χ3n) is 6.17. The van der Waals surface area contributed by atoms with Crippen molar-refractivity contribution in [2.45, 2.75) is 13.0 Å². The molecule has 11 nitrogen and oxygen atoms in total. The quantitative estimate of drug-likeness (QED) is 0.271. The van der Waals surface area contributed by atoms with Crippen LogP contribution < -0.4 is 21.3 Å². The first-order valence-electron chi connectivity index (χ1n) is 12.1. The second kappa shape index (κ2) is 10.5. The molecule has 200 valence electrons. The van der Waals surface area contributed by atoms with Crippen molar-refractivity contribution < 1.29 is 8.42 Å². The lowest BCUT2D eigenvalue weighted by Gasteiger charge is -2.22. The summed E-state index contributed by atoms with van der Waals surface area (Å²) in [5.41, 5.74) is 8.41. The first-order chi connectivity index (χ1) is 19.1. The maximum Gasteiger partial charge on any atom is 0.263 e. The molecule has 0 bridgehead atoms. The van der Waals surface area contributed by atoms with Gasteiger partial charge >= 0.3 is 0 Å². The highest BCUT2D eigenvalue weighted by Crippen LogP contribution is 2.31. The number of rotatable bonds is 7. The molecule has 0 amide bonds. The molecule has 3 heterocycles. The molecule has 0 fully saturated rings. The van der Waals surface area contributed by atoms with Crippen LogP contribution in [0, 0.1) is 11.3 Å². The largest absolute Gasteiger partial charge is 0.368 e. The maximum absolute atomic E-state index is 14.3. The molecule has 2 aromatic carbocycles. The number of nitrogens with one attached hydrogen (secondary N) is 2. The zero-order valence-electron chi connectivity index (χ0n) is 21.5. The molecule has 0 aliphatic carbocycles. The highest BCUT2D eigenvalue weighted by molar-refractivity contribution is 7.92. The van der Waals surface area contributed by atoms with Gasteiger partial charge in [0.25, 0.3) is 5.56 Å². The molecular weight excluding hydrogens is 528 g/mol. The van der Waals surface area contributed by atoms with Crippen molar-refractivity contribution in [2.75, 3.05) is 22.0 Å². The van der Waals surface area contributed by atoms with Crippen LogP contribution in [0.3, 0.4) is 0 Å². The van der Waals surface area contributed by atoms with Crippen LogP contribution in [0.1, 0.15) is 24.2 Å². The number of fused-ring (bicyclic) bond motifs is 1. The fourth-order valence-corrected chi connectivity index (χ4v) is 5.05. The molecule has 3 aromatic heterocycles. The average Bonchev–Trinajstić information content (AvgIpc) is 2.92. The SMILES string of the molecule is C[C@H](Nc1nc(N)ncc1C#N)c1cc2cccc(-c3cncc(NS(C)(=O)=O)c3)c2c(=O)n1-c1ccccc1. The summed E-state index contributed by atoms with van der Waals surface area (Å²) in [6, 6.07) is 19.7. The molecule has 0 aliphatic rings. The number of nitrogens with two attached hydrogens (primary N) is 1. The monoisotopic (exact) mass is 552 g/mol. The standard InChI is InChI=1S/C28H24N8O3S/c1-17(33-26-20(13-29)15-32-28(30)34-26)24-12-18-7-6-10-23(19-11-21(16-31-14-19)35-40(2,38)39)25(18)27(37)36(24)22-8-4-3-5-9-22/h3-12,14-17,35H,1-2H3,(H3,30,32,33,34)/t17-/m0/s1. The number of sulfonamides is 1. The van der Waals surface area contributed by atoms with E-state index in [0.29, 0.717) is 33.3 Å². The highest BCUT2D eigenvalue weighted by Gasteiger charge is 2.20. The van der Waals surface area contributed by atoms with Gasteiger partial charge in [-0.05, 0) is 42.1 Å². The minimum absolute atomic E-state index is 0.0125. The molecule has 0 unspecified atom stereocenters. The molecule has 0 saturated heterocycles. The molecule has 1 atom stereocenters. The summed E-state index contributed by atoms with van der Waals surface area (Å²) in [5, 5.41) is 13.8. The predicted octanol–water partition coefficient (Wildman–Crippen LogP) is 3.84. The van der Waals surface area contributed by atoms with E-state index in [1.807, 2.05) is 55.5 Å². The van der Waals surface area contributed by atoms with Crippen molar-refractivity contribution in [3.05, 3.63) is 101 Å². The van der Waals surface area contributed by atoms with Gasteiger partial charge < -0.3 is 11.1 Å². The predicted molar refractivity (Wildman–Crippen MR) is 154 cm³/mol. The average molecular weight is 553 g/mol. The topological polar surface area (TPSA) is 169 Å². The summed E-state index contributed by atoms with van der Waals surface area (Å²) in [6.07, 6.45) is 5.38. The Balaban J connectivity index is 1.72. The molecule has 40 heavy (non-hydrogen) atoms. The number of nitrogens with zero attached hydrogens (tertiary/aromatic N) is 5. The fourth-order valence-electron chi connectivity index (χ4n) is 4.51. The van der Waals surface area contributed by atoms with E-state index < -0.39 is 16.1 Å². The summed E-state index contributed by atoms with van der Waals surface area (Å²) in [5.74, 6) is 0.267. The Bertz CT molecular complexity index is 1950. The van der Waals surface area contributed by atoms with E-state index in [0.717, 1.165) is 6.26 Å². The number of hydrogen-bond acceptors (Lipinski definition) is 9. The Morgan fingerprint density at radius 2 is 1.82 bits per heavy atom. The van der Waals surface area contributed by atoms with Crippen molar-refractivity contribution in [1.29, 1.82) is 5.26 Å². The molecule has 0 spiro atoms. The van der Waals surface area contributed by atoms with Gasteiger partial charge in [0.1, 0.15) is 17.5 Å². The Kier molecular flexibility index (Phi) is 6.89. The zero-order chi connectivity index (χ0) is 28.4. The number of benzene rings is 2. The van der Waals surface area contributed by atoms with Crippen LogP contribution in [0.4, 0.5) is 17.5 Å². The van der Waals surface area contributed by atoms with Crippen LogP contribution in [0.15, 0.2) is 84.0 Å². The smallest absolute Gasteiger partial charge is 0.263 e. The van der Waals surface area contributed by atoms with Gasteiger partial charge in [0.2, 0.25) is 16.0 Å². The van der Waals surface area contributed by atoms with Crippen molar-refractivity contribution in [2.24, 2.45) is 0 Å². The molecular formula is C28H24N8O3S. The van der Waals surface area contributed by atoms with Gasteiger partial charge in [-0.3, -0.25) is 19.1 Å². The number of nitrogen functional groups attached to an aromatic ring is 1. The van der Waals surface area contributed by atoms with Crippen LogP contribution >= 0.6 is 0 Å². The van der Waals surface area contributed by atoms with Crippen LogP contribution in [0.2, 0.25) is 0 Å². The number of hydrogen-bond donors (Lipinski definition) is 3. The van der Waals surface area contributed by atoms with E-state index in [4.69, 9.17) is 5.73 Å². The van der Waals surface area contributed by atoms with Gasteiger partial charge in [-0.15, -0.1) is 0 Å². The number of anilines is 3. The van der Waals surface area contributed by atoms with Crippen molar-refractivity contribution >= 4 is 38.2 Å². The molecule has 5 rings (SSSR count). The lowest BCUT2D eigenvalue weighted by Crippen LogP contribution is -2.26. The zero-order valence-corrected chi connectivity index (χ0v) is 22.3. The molecule has 5 aromatic rings. The van der Waals surface area contributed by atoms with E-state index in [1.54, 1.807) is 22.9 Å². The van der Waals surface area contributed by atoms with Gasteiger partial charge in [-0.25, -0.2) is 13.4 Å². The first kappa shape index (κ1) is 26.3. The molecule has 0 aliphatic heterocycles. The van der Waals surface area contributed by atoms with E-state index in [2.05, 4.69) is 31.1 Å². The molecule has 0 radical (unpaired) electrons. The van der Waals surface area contributed by atoms with Gasteiger partial charge in [0.05, 0.1) is 35.8 Å². The highest BCUT2D eigenvalue weighted by atomic mass is 32.2. The minimum Gasteiger partial charge on any atom is -0.368 e. The summed E-state index contributed by atoms with van der Waals surface area (Å²) in [4.78, 5) is 26.5. The third kappa shape index (κ3) is 5.31. The van der Waals surface area contributed by atoms with Crippen LogP contribution in [-0.4, -0.2) is 34.2 Å². The van der Waals surface area contributed by atoms with Gasteiger partial charge in [0.15, 0.2) is 0 Å². The Hall–Kier alpha value is -5.28. The lowest BCUT2D eigenvalue weighted by atomic mass is 9.98. The van der Waals surface area contributed by atoms with Crippen molar-refractivity contribution in [1.82, 2.24) is 19.5 Å². The number of nitriles is 1. The fraction of sp³-hybridized carbons (Fsp3) is 0.107. The Labute approximate surface area is 230 Å². The van der Waals surface area contributed by atoms with Crippen molar-refractivity contribution in [3.8, 4) is 22.9 Å². The van der Waals surface area contributed by atoms with Gasteiger partial charge in [0, 0.05) is 23.1 Å². The van der Waals surface area contributed by atoms with E-state index >= 15 is 0 Å². The number of pyridine rings is 2. The summed E-state index contributed by atoms with van der Waals surface area (Å²) < 4.78 is 27.6. The normalized spacial score (nSPS) is 12.0. The second-order valence-corrected chi connectivity index (χ2v) is 10.9. The Morgan fingerprint density at radius 1 is 1.05 bits per heavy atom. The number of aromatic nitrogens is 4. The molecule has 0 saturated carbocycles. The first-order valence-corrected chi connectivity index (χ1v) is 14.0. The number of para-hydroxylation sites is 1. The van der Waals surface area contributed by atoms with E-state index in [1.165, 1.54) is 12.4 Å². The van der Waals surface area contributed by atoms with Crippen LogP contribution in [0.5, 0.6) is 0 Å². The lowest BCUT2D eigenvalue weighted by molar-refractivity contribution is 0.607. The summed E-state index contributed by atoms with van der Waals surface area (Å²) in [6.45, 7) is 1.85. The maximum atomic E-state index is 14.3. The van der Waals surface area contributed by atoms with Crippen molar-refractivity contribution in [3.63, 3.8) is 0 Å². The Morgan fingerprint density at radius 3 is 2.55 bits per heavy atom. The van der Waals surface area contributed by atoms with Gasteiger partial charge in [-0.2, -0.15) is 10.2 Å². The molecule has 12 heteroatoms.